The predicted molar refractivity (Wildman–Crippen MR) is 96.7 cm³/mol. The smallest absolute Gasteiger partial charge is 0.336 e. The van der Waals surface area contributed by atoms with Crippen LogP contribution in [0.1, 0.15) is 37.7 Å². The van der Waals surface area contributed by atoms with Crippen molar-refractivity contribution in [3.05, 3.63) is 44.7 Å². The van der Waals surface area contributed by atoms with E-state index in [1.165, 1.54) is 7.11 Å². The van der Waals surface area contributed by atoms with Gasteiger partial charge in [-0.3, -0.25) is 4.79 Å². The quantitative estimate of drug-likeness (QED) is 0.741. The summed E-state index contributed by atoms with van der Waals surface area (Å²) in [7, 11) is 1.35. The fraction of sp³-hybridized carbons (Fsp3) is 0.368. The summed E-state index contributed by atoms with van der Waals surface area (Å²) >= 11 is 3.58. The van der Waals surface area contributed by atoms with Crippen molar-refractivity contribution in [1.82, 2.24) is 5.32 Å². The minimum absolute atomic E-state index is 0.0576. The van der Waals surface area contributed by atoms with E-state index in [1.807, 2.05) is 19.1 Å². The Bertz CT molecular complexity index is 886. The lowest BCUT2D eigenvalue weighted by molar-refractivity contribution is -0.136. The van der Waals surface area contributed by atoms with Crippen molar-refractivity contribution in [2.75, 3.05) is 13.9 Å². The number of hydrogen-bond acceptors (Lipinski definition) is 6. The highest BCUT2D eigenvalue weighted by atomic mass is 79.9. The van der Waals surface area contributed by atoms with Gasteiger partial charge < -0.3 is 19.5 Å². The van der Waals surface area contributed by atoms with Crippen LogP contribution in [0.4, 0.5) is 0 Å². The van der Waals surface area contributed by atoms with Crippen LogP contribution in [-0.2, 0) is 14.3 Å². The zero-order chi connectivity index (χ0) is 18.4. The van der Waals surface area contributed by atoms with E-state index in [-0.39, 0.29) is 12.6 Å². The monoisotopic (exact) mass is 419 g/mol. The molecule has 0 spiro atoms. The van der Waals surface area contributed by atoms with Crippen LogP contribution in [0.25, 0.3) is 0 Å². The first kappa shape index (κ1) is 17.1. The van der Waals surface area contributed by atoms with Crippen LogP contribution in [0.15, 0.2) is 39.1 Å². The molecule has 136 valence electrons. The number of methoxy groups -OCH3 is 1. The van der Waals surface area contributed by atoms with Crippen LogP contribution in [-0.4, -0.2) is 25.7 Å². The molecular weight excluding hydrogens is 402 g/mol. The summed E-state index contributed by atoms with van der Waals surface area (Å²) in [5, 5.41) is 3.25. The van der Waals surface area contributed by atoms with E-state index in [9.17, 15) is 9.59 Å². The molecule has 7 heteroatoms. The number of dihydropyridines is 1. The molecule has 1 atom stereocenters. The number of benzene rings is 1. The minimum atomic E-state index is -0.504. The molecule has 1 unspecified atom stereocenters. The van der Waals surface area contributed by atoms with Gasteiger partial charge in [0, 0.05) is 33.8 Å². The lowest BCUT2D eigenvalue weighted by Gasteiger charge is -2.34. The standard InChI is InChI=1S/C19H18BrNO5/c1-9-16(19(23)24-2)17(18-12(21-9)4-3-5-13(18)22)10-6-14-15(7-11(10)20)26-8-25-14/h6-7,17,21H,3-5,8H2,1-2H3. The Kier molecular flexibility index (Phi) is 4.26. The van der Waals surface area contributed by atoms with Crippen molar-refractivity contribution in [2.45, 2.75) is 32.1 Å². The number of rotatable bonds is 2. The lowest BCUT2D eigenvalue weighted by Crippen LogP contribution is -2.34. The molecule has 0 aromatic heterocycles. The molecule has 0 radical (unpaired) electrons. The second-order valence-electron chi connectivity index (χ2n) is 6.48. The Morgan fingerprint density at radius 1 is 1.27 bits per heavy atom. The molecule has 0 saturated carbocycles. The summed E-state index contributed by atoms with van der Waals surface area (Å²) in [6.45, 7) is 1.99. The van der Waals surface area contributed by atoms with Gasteiger partial charge in [-0.05, 0) is 37.5 Å². The molecule has 2 aliphatic heterocycles. The third kappa shape index (κ3) is 2.61. The molecule has 0 bridgehead atoms. The number of halogens is 1. The van der Waals surface area contributed by atoms with Crippen molar-refractivity contribution < 1.29 is 23.8 Å². The number of carbonyl (C=O) groups excluding carboxylic acids is 2. The Morgan fingerprint density at radius 3 is 2.73 bits per heavy atom. The average Bonchev–Trinajstić information content (AvgIpc) is 3.06. The van der Waals surface area contributed by atoms with E-state index in [1.54, 1.807) is 0 Å². The number of ketones is 1. The molecule has 4 rings (SSSR count). The molecule has 6 nitrogen and oxygen atoms in total. The van der Waals surface area contributed by atoms with Crippen LogP contribution in [0.2, 0.25) is 0 Å². The highest BCUT2D eigenvalue weighted by molar-refractivity contribution is 9.10. The van der Waals surface area contributed by atoms with Crippen molar-refractivity contribution in [1.29, 1.82) is 0 Å². The first-order valence-electron chi connectivity index (χ1n) is 8.42. The Balaban J connectivity index is 1.93. The van der Waals surface area contributed by atoms with Crippen molar-refractivity contribution in [3.8, 4) is 11.5 Å². The Labute approximate surface area is 159 Å². The summed E-state index contributed by atoms with van der Waals surface area (Å²) in [6, 6.07) is 3.66. The molecule has 0 fully saturated rings. The molecule has 26 heavy (non-hydrogen) atoms. The van der Waals surface area contributed by atoms with Crippen molar-refractivity contribution in [2.24, 2.45) is 0 Å². The molecule has 1 aromatic rings. The van der Waals surface area contributed by atoms with Crippen molar-refractivity contribution >= 4 is 27.7 Å². The second kappa shape index (κ2) is 6.46. The second-order valence-corrected chi connectivity index (χ2v) is 7.34. The normalized spacial score (nSPS) is 21.5. The van der Waals surface area contributed by atoms with E-state index < -0.39 is 11.9 Å². The van der Waals surface area contributed by atoms with Gasteiger partial charge in [0.1, 0.15) is 0 Å². The maximum atomic E-state index is 12.8. The van der Waals surface area contributed by atoms with Crippen LogP contribution in [0, 0.1) is 0 Å². The van der Waals surface area contributed by atoms with Gasteiger partial charge in [-0.1, -0.05) is 15.9 Å². The Morgan fingerprint density at radius 2 is 2.00 bits per heavy atom. The molecule has 1 aliphatic carbocycles. The number of nitrogens with one attached hydrogen (secondary N) is 1. The van der Waals surface area contributed by atoms with E-state index >= 15 is 0 Å². The highest BCUT2D eigenvalue weighted by Gasteiger charge is 2.40. The van der Waals surface area contributed by atoms with Gasteiger partial charge in [-0.2, -0.15) is 0 Å². The summed E-state index contributed by atoms with van der Waals surface area (Å²) in [5.74, 6) is 0.347. The van der Waals surface area contributed by atoms with Gasteiger partial charge in [0.2, 0.25) is 6.79 Å². The van der Waals surface area contributed by atoms with Crippen LogP contribution in [0.5, 0.6) is 11.5 Å². The summed E-state index contributed by atoms with van der Waals surface area (Å²) in [4.78, 5) is 25.3. The van der Waals surface area contributed by atoms with Gasteiger partial charge in [-0.25, -0.2) is 4.79 Å². The summed E-state index contributed by atoms with van der Waals surface area (Å²) in [5.41, 5.74) is 3.47. The van der Waals surface area contributed by atoms with Crippen molar-refractivity contribution in [3.63, 3.8) is 0 Å². The van der Waals surface area contributed by atoms with E-state index in [2.05, 4.69) is 21.2 Å². The summed E-state index contributed by atoms with van der Waals surface area (Å²) < 4.78 is 16.7. The van der Waals surface area contributed by atoms with Gasteiger partial charge in [0.25, 0.3) is 0 Å². The largest absolute Gasteiger partial charge is 0.466 e. The number of carbonyl (C=O) groups is 2. The molecule has 1 N–H and O–H groups in total. The van der Waals surface area contributed by atoms with Crippen LogP contribution in [0.3, 0.4) is 0 Å². The average molecular weight is 420 g/mol. The number of esters is 1. The number of fused-ring (bicyclic) bond motifs is 1. The van der Waals surface area contributed by atoms with Gasteiger partial charge in [0.05, 0.1) is 12.7 Å². The first-order valence-corrected chi connectivity index (χ1v) is 9.22. The number of allylic oxidation sites excluding steroid dienone is 3. The maximum absolute atomic E-state index is 12.8. The van der Waals surface area contributed by atoms with E-state index in [0.717, 1.165) is 28.6 Å². The fourth-order valence-corrected chi connectivity index (χ4v) is 4.38. The lowest BCUT2D eigenvalue weighted by atomic mass is 9.75. The number of ether oxygens (including phenoxy) is 3. The third-order valence-corrected chi connectivity index (χ3v) is 5.67. The molecule has 2 heterocycles. The Hall–Kier alpha value is -2.28. The van der Waals surface area contributed by atoms with E-state index in [0.29, 0.717) is 34.8 Å². The molecule has 0 saturated heterocycles. The zero-order valence-corrected chi connectivity index (χ0v) is 16.1. The van der Waals surface area contributed by atoms with E-state index in [4.69, 9.17) is 14.2 Å². The SMILES string of the molecule is COC(=O)C1=C(C)NC2=C(C(=O)CCC2)C1c1cc2c(cc1Br)OCO2. The number of hydrogen-bond donors (Lipinski definition) is 1. The predicted octanol–water partition coefficient (Wildman–Crippen LogP) is 3.32. The van der Waals surface area contributed by atoms with Crippen LogP contribution >= 0.6 is 15.9 Å². The topological polar surface area (TPSA) is 73.9 Å². The maximum Gasteiger partial charge on any atom is 0.336 e. The minimum Gasteiger partial charge on any atom is -0.466 e. The fourth-order valence-electron chi connectivity index (χ4n) is 3.83. The molecule has 1 aromatic carbocycles. The molecule has 0 amide bonds. The summed E-state index contributed by atoms with van der Waals surface area (Å²) in [6.07, 6.45) is 2.07. The molecule has 3 aliphatic rings. The third-order valence-electron chi connectivity index (χ3n) is 4.98. The first-order chi connectivity index (χ1) is 12.5. The van der Waals surface area contributed by atoms with Gasteiger partial charge in [0.15, 0.2) is 17.3 Å². The van der Waals surface area contributed by atoms with Crippen LogP contribution < -0.4 is 14.8 Å². The van der Waals surface area contributed by atoms with Gasteiger partial charge in [-0.15, -0.1) is 0 Å². The number of Topliss-reactive ketones (excluding diaryl/α,β-unsaturated/α-hetero) is 1. The zero-order valence-electron chi connectivity index (χ0n) is 14.5. The highest BCUT2D eigenvalue weighted by Crippen LogP contribution is 2.47. The molecular formula is C19H18BrNO5. The van der Waals surface area contributed by atoms with Gasteiger partial charge >= 0.3 is 5.97 Å².